The molecule has 12 heavy (non-hydrogen) atoms. The number of aromatic amines is 1. The van der Waals surface area contributed by atoms with Crippen LogP contribution < -0.4 is 5.56 Å². The number of aromatic hydroxyl groups is 1. The minimum atomic E-state index is -3.06. The number of pyridine rings is 1. The molecule has 0 aliphatic heterocycles. The summed E-state index contributed by atoms with van der Waals surface area (Å²) >= 11 is 0. The molecule has 1 aromatic rings. The zero-order valence-corrected chi connectivity index (χ0v) is 5.64. The number of alkyl halides is 2. The Morgan fingerprint density at radius 2 is 2.08 bits per heavy atom. The molecule has 0 aromatic carbocycles. The van der Waals surface area contributed by atoms with Crippen LogP contribution in [0.1, 0.15) is 12.0 Å². The van der Waals surface area contributed by atoms with Crippen LogP contribution in [0.3, 0.4) is 0 Å². The van der Waals surface area contributed by atoms with E-state index in [0.717, 1.165) is 0 Å². The molecule has 66 valence electrons. The van der Waals surface area contributed by atoms with E-state index in [9.17, 15) is 18.0 Å². The fourth-order valence-corrected chi connectivity index (χ4v) is 0.671. The molecule has 0 unspecified atom stereocenters. The Morgan fingerprint density at radius 3 is 2.58 bits per heavy atom. The second-order valence-electron chi connectivity index (χ2n) is 2.05. The molecule has 0 saturated carbocycles. The van der Waals surface area contributed by atoms with E-state index in [1.54, 1.807) is 0 Å². The number of hydrogen-bond donors (Lipinski definition) is 2. The summed E-state index contributed by atoms with van der Waals surface area (Å²) in [6, 6.07) is 0.402. The molecule has 1 aromatic heterocycles. The van der Waals surface area contributed by atoms with Gasteiger partial charge in [0.15, 0.2) is 5.75 Å². The number of aromatic nitrogens is 1. The molecular formula is C6H4F3NO2. The lowest BCUT2D eigenvalue weighted by Crippen LogP contribution is -2.09. The average Bonchev–Trinajstić information content (AvgIpc) is 1.96. The van der Waals surface area contributed by atoms with Gasteiger partial charge in [-0.15, -0.1) is 0 Å². The van der Waals surface area contributed by atoms with Crippen LogP contribution >= 0.6 is 0 Å². The van der Waals surface area contributed by atoms with E-state index in [1.165, 1.54) is 4.98 Å². The summed E-state index contributed by atoms with van der Waals surface area (Å²) in [6.45, 7) is 0. The van der Waals surface area contributed by atoms with Gasteiger partial charge in [0.25, 0.3) is 12.0 Å². The Balaban J connectivity index is 3.33. The highest BCUT2D eigenvalue weighted by Gasteiger charge is 2.15. The molecule has 1 rings (SSSR count). The van der Waals surface area contributed by atoms with E-state index in [4.69, 9.17) is 5.11 Å². The first-order chi connectivity index (χ1) is 5.52. The predicted octanol–water partition coefficient (Wildman–Crippen LogP) is 1.16. The van der Waals surface area contributed by atoms with Gasteiger partial charge >= 0.3 is 0 Å². The van der Waals surface area contributed by atoms with Gasteiger partial charge in [-0.2, -0.15) is 4.39 Å². The van der Waals surface area contributed by atoms with Gasteiger partial charge in [-0.3, -0.25) is 9.78 Å². The zero-order valence-electron chi connectivity index (χ0n) is 5.64. The largest absolute Gasteiger partial charge is 0.503 e. The van der Waals surface area contributed by atoms with Gasteiger partial charge < -0.3 is 5.11 Å². The highest BCUT2D eigenvalue weighted by atomic mass is 19.3. The van der Waals surface area contributed by atoms with Crippen molar-refractivity contribution in [3.05, 3.63) is 27.9 Å². The third-order valence-corrected chi connectivity index (χ3v) is 1.24. The van der Waals surface area contributed by atoms with Crippen molar-refractivity contribution in [2.24, 2.45) is 0 Å². The summed E-state index contributed by atoms with van der Waals surface area (Å²) in [5.74, 6) is -2.35. The molecule has 0 aliphatic carbocycles. The Labute approximate surface area is 64.5 Å². The molecule has 1 heterocycles. The fourth-order valence-electron chi connectivity index (χ4n) is 0.671. The third-order valence-electron chi connectivity index (χ3n) is 1.24. The first-order valence-corrected chi connectivity index (χ1v) is 2.92. The normalized spacial score (nSPS) is 10.7. The van der Waals surface area contributed by atoms with Crippen molar-refractivity contribution in [3.8, 4) is 5.75 Å². The highest BCUT2D eigenvalue weighted by Crippen LogP contribution is 2.21. The zero-order chi connectivity index (χ0) is 9.30. The molecule has 0 fully saturated rings. The smallest absolute Gasteiger partial charge is 0.292 e. The molecule has 3 nitrogen and oxygen atoms in total. The van der Waals surface area contributed by atoms with Crippen molar-refractivity contribution in [3.63, 3.8) is 0 Å². The van der Waals surface area contributed by atoms with Crippen LogP contribution in [-0.4, -0.2) is 10.1 Å². The van der Waals surface area contributed by atoms with Crippen LogP contribution in [-0.2, 0) is 0 Å². The number of halogens is 3. The first kappa shape index (κ1) is 8.63. The Bertz CT molecular complexity index is 347. The summed E-state index contributed by atoms with van der Waals surface area (Å²) in [5.41, 5.74) is -2.15. The summed E-state index contributed by atoms with van der Waals surface area (Å²) in [4.78, 5) is 11.9. The van der Waals surface area contributed by atoms with E-state index in [-0.39, 0.29) is 0 Å². The minimum absolute atomic E-state index is 0.402. The number of rotatable bonds is 1. The number of hydrogen-bond acceptors (Lipinski definition) is 2. The molecule has 0 spiro atoms. The number of nitrogens with one attached hydrogen (secondary N) is 1. The molecule has 6 heteroatoms. The maximum Gasteiger partial charge on any atom is 0.292 e. The van der Waals surface area contributed by atoms with Crippen molar-refractivity contribution >= 4 is 0 Å². The number of H-pyrrole nitrogens is 1. The van der Waals surface area contributed by atoms with E-state index in [0.29, 0.717) is 6.07 Å². The molecule has 0 amide bonds. The Hall–Kier alpha value is -1.46. The maximum atomic E-state index is 12.4. The monoisotopic (exact) mass is 179 g/mol. The SMILES string of the molecule is O=c1[nH]c(F)c(C(F)F)cc1O. The van der Waals surface area contributed by atoms with Crippen LogP contribution in [0.15, 0.2) is 10.9 Å². The second kappa shape index (κ2) is 2.88. The fraction of sp³-hybridized carbons (Fsp3) is 0.167. The van der Waals surface area contributed by atoms with Crippen LogP contribution in [0.4, 0.5) is 13.2 Å². The Kier molecular flexibility index (Phi) is 2.07. The predicted molar refractivity (Wildman–Crippen MR) is 33.6 cm³/mol. The summed E-state index contributed by atoms with van der Waals surface area (Å²) < 4.78 is 36.2. The van der Waals surface area contributed by atoms with E-state index in [1.807, 2.05) is 0 Å². The molecule has 0 atom stereocenters. The molecule has 2 N–H and O–H groups in total. The van der Waals surface area contributed by atoms with Gasteiger partial charge in [-0.25, -0.2) is 8.78 Å². The van der Waals surface area contributed by atoms with E-state index in [2.05, 4.69) is 0 Å². The Morgan fingerprint density at radius 1 is 1.50 bits per heavy atom. The van der Waals surface area contributed by atoms with Gasteiger partial charge in [-0.1, -0.05) is 0 Å². The van der Waals surface area contributed by atoms with Gasteiger partial charge in [0.1, 0.15) is 0 Å². The van der Waals surface area contributed by atoms with Crippen molar-refractivity contribution in [1.29, 1.82) is 0 Å². The molecule has 0 aliphatic rings. The lowest BCUT2D eigenvalue weighted by Gasteiger charge is -2.00. The van der Waals surface area contributed by atoms with E-state index >= 15 is 0 Å². The third kappa shape index (κ3) is 1.41. The summed E-state index contributed by atoms with van der Waals surface area (Å²) in [7, 11) is 0. The van der Waals surface area contributed by atoms with Crippen molar-refractivity contribution < 1.29 is 18.3 Å². The standard InChI is InChI=1S/C6H4F3NO2/c7-4(8)2-1-3(11)6(12)10-5(2)9/h1,4,11H,(H,10,12). The first-order valence-electron chi connectivity index (χ1n) is 2.92. The minimum Gasteiger partial charge on any atom is -0.503 e. The quantitative estimate of drug-likeness (QED) is 0.635. The van der Waals surface area contributed by atoms with E-state index < -0.39 is 29.2 Å². The lowest BCUT2D eigenvalue weighted by molar-refractivity contribution is 0.144. The molecular weight excluding hydrogens is 175 g/mol. The van der Waals surface area contributed by atoms with Crippen LogP contribution in [0.5, 0.6) is 5.75 Å². The van der Waals surface area contributed by atoms with Gasteiger partial charge in [0.05, 0.1) is 5.56 Å². The maximum absolute atomic E-state index is 12.4. The van der Waals surface area contributed by atoms with Crippen molar-refractivity contribution in [2.45, 2.75) is 6.43 Å². The summed E-state index contributed by atoms with van der Waals surface area (Å²) in [6.07, 6.45) is -3.06. The average molecular weight is 179 g/mol. The topological polar surface area (TPSA) is 53.1 Å². The van der Waals surface area contributed by atoms with Gasteiger partial charge in [0.2, 0.25) is 5.95 Å². The molecule has 0 radical (unpaired) electrons. The van der Waals surface area contributed by atoms with Crippen molar-refractivity contribution in [1.82, 2.24) is 4.98 Å². The van der Waals surface area contributed by atoms with Crippen molar-refractivity contribution in [2.75, 3.05) is 0 Å². The summed E-state index contributed by atoms with van der Waals surface area (Å²) in [5, 5.41) is 8.63. The van der Waals surface area contributed by atoms with Gasteiger partial charge in [0, 0.05) is 0 Å². The van der Waals surface area contributed by atoms with Crippen LogP contribution in [0.2, 0.25) is 0 Å². The lowest BCUT2D eigenvalue weighted by atomic mass is 10.3. The van der Waals surface area contributed by atoms with Crippen LogP contribution in [0.25, 0.3) is 0 Å². The second-order valence-corrected chi connectivity index (χ2v) is 2.05. The molecule has 0 saturated heterocycles. The van der Waals surface area contributed by atoms with Gasteiger partial charge in [-0.05, 0) is 6.07 Å². The van der Waals surface area contributed by atoms with Crippen LogP contribution in [0, 0.1) is 5.95 Å². The highest BCUT2D eigenvalue weighted by molar-refractivity contribution is 5.23. The molecule has 0 bridgehead atoms.